The van der Waals surface area contributed by atoms with E-state index in [9.17, 15) is 4.39 Å². The number of halogens is 1. The van der Waals surface area contributed by atoms with Crippen molar-refractivity contribution in [3.8, 4) is 11.8 Å². The maximum Gasteiger partial charge on any atom is 0.127 e. The van der Waals surface area contributed by atoms with Crippen molar-refractivity contribution in [2.75, 3.05) is 13.6 Å². The van der Waals surface area contributed by atoms with Gasteiger partial charge in [0.1, 0.15) is 5.82 Å². The zero-order valence-corrected chi connectivity index (χ0v) is 13.1. The summed E-state index contributed by atoms with van der Waals surface area (Å²) in [6.07, 6.45) is 0. The van der Waals surface area contributed by atoms with Crippen molar-refractivity contribution in [2.24, 2.45) is 5.73 Å². The molecule has 2 rings (SSSR count). The monoisotopic (exact) mass is 302 g/mol. The Morgan fingerprint density at radius 1 is 1.29 bits per heavy atom. The van der Waals surface area contributed by atoms with Crippen LogP contribution >= 0.6 is 11.3 Å². The van der Waals surface area contributed by atoms with Gasteiger partial charge in [-0.05, 0) is 32.2 Å². The molecular weight excluding hydrogens is 283 g/mol. The average Bonchev–Trinajstić information content (AvgIpc) is 2.92. The van der Waals surface area contributed by atoms with E-state index >= 15 is 0 Å². The Labute approximate surface area is 129 Å². The lowest BCUT2D eigenvalue weighted by atomic mass is 10.1. The summed E-state index contributed by atoms with van der Waals surface area (Å²) in [6.45, 7) is 3.16. The molecule has 1 atom stereocenters. The van der Waals surface area contributed by atoms with Crippen molar-refractivity contribution >= 4 is 11.3 Å². The van der Waals surface area contributed by atoms with Crippen molar-refractivity contribution in [1.82, 2.24) is 4.90 Å². The fraction of sp³-hybridized carbons (Fsp3) is 0.294. The number of hydrogen-bond donors (Lipinski definition) is 1. The molecular formula is C17H19FN2S. The zero-order valence-electron chi connectivity index (χ0n) is 12.3. The van der Waals surface area contributed by atoms with Crippen LogP contribution in [0.25, 0.3) is 0 Å². The fourth-order valence-electron chi connectivity index (χ4n) is 2.10. The van der Waals surface area contributed by atoms with E-state index in [4.69, 9.17) is 5.73 Å². The Morgan fingerprint density at radius 2 is 2.05 bits per heavy atom. The predicted octanol–water partition coefficient (Wildman–Crippen LogP) is 3.39. The van der Waals surface area contributed by atoms with Crippen LogP contribution in [-0.2, 0) is 6.54 Å². The van der Waals surface area contributed by atoms with Gasteiger partial charge in [-0.1, -0.05) is 30.0 Å². The van der Waals surface area contributed by atoms with E-state index in [1.54, 1.807) is 17.4 Å². The molecule has 0 aliphatic heterocycles. The molecule has 4 heteroatoms. The van der Waals surface area contributed by atoms with E-state index in [0.29, 0.717) is 6.54 Å². The SMILES string of the molecule is CC(c1ccccc1F)N(C)Cc1ccc(C#CCN)s1. The number of nitrogens with zero attached hydrogens (tertiary/aromatic N) is 1. The van der Waals surface area contributed by atoms with Crippen LogP contribution in [0.4, 0.5) is 4.39 Å². The highest BCUT2D eigenvalue weighted by Gasteiger charge is 2.15. The van der Waals surface area contributed by atoms with Gasteiger partial charge < -0.3 is 5.73 Å². The van der Waals surface area contributed by atoms with Crippen molar-refractivity contribution in [2.45, 2.75) is 19.5 Å². The second kappa shape index (κ2) is 7.37. The minimum atomic E-state index is -0.155. The summed E-state index contributed by atoms with van der Waals surface area (Å²) in [4.78, 5) is 4.36. The Kier molecular flexibility index (Phi) is 5.51. The number of benzene rings is 1. The number of hydrogen-bond acceptors (Lipinski definition) is 3. The number of nitrogens with two attached hydrogens (primary N) is 1. The topological polar surface area (TPSA) is 29.3 Å². The van der Waals surface area contributed by atoms with Gasteiger partial charge in [0.15, 0.2) is 0 Å². The molecule has 2 nitrogen and oxygen atoms in total. The largest absolute Gasteiger partial charge is 0.320 e. The molecule has 0 saturated carbocycles. The molecule has 0 radical (unpaired) electrons. The maximum atomic E-state index is 13.8. The molecule has 0 amide bonds. The van der Waals surface area contributed by atoms with Gasteiger partial charge in [-0.2, -0.15) is 0 Å². The summed E-state index contributed by atoms with van der Waals surface area (Å²) >= 11 is 1.65. The quantitative estimate of drug-likeness (QED) is 0.877. The van der Waals surface area contributed by atoms with Crippen LogP contribution in [0, 0.1) is 17.7 Å². The van der Waals surface area contributed by atoms with E-state index in [1.165, 1.54) is 10.9 Å². The molecule has 1 aromatic carbocycles. The van der Waals surface area contributed by atoms with Gasteiger partial charge in [0.25, 0.3) is 0 Å². The zero-order chi connectivity index (χ0) is 15.2. The van der Waals surface area contributed by atoms with Gasteiger partial charge in [-0.3, -0.25) is 4.90 Å². The molecule has 0 spiro atoms. The molecule has 21 heavy (non-hydrogen) atoms. The molecule has 1 aromatic heterocycles. The Morgan fingerprint density at radius 3 is 2.76 bits per heavy atom. The third kappa shape index (κ3) is 4.15. The lowest BCUT2D eigenvalue weighted by Gasteiger charge is -2.24. The van der Waals surface area contributed by atoms with Crippen LogP contribution in [0.3, 0.4) is 0 Å². The highest BCUT2D eigenvalue weighted by molar-refractivity contribution is 7.12. The number of thiophene rings is 1. The minimum absolute atomic E-state index is 0.0203. The van der Waals surface area contributed by atoms with E-state index in [1.807, 2.05) is 32.2 Å². The molecule has 0 saturated heterocycles. The predicted molar refractivity (Wildman–Crippen MR) is 86.5 cm³/mol. The summed E-state index contributed by atoms with van der Waals surface area (Å²) in [5.41, 5.74) is 6.09. The second-order valence-corrected chi connectivity index (χ2v) is 6.05. The molecule has 110 valence electrons. The molecule has 0 bridgehead atoms. The van der Waals surface area contributed by atoms with Crippen molar-refractivity contribution in [1.29, 1.82) is 0 Å². The lowest BCUT2D eigenvalue weighted by molar-refractivity contribution is 0.250. The van der Waals surface area contributed by atoms with Crippen LogP contribution in [-0.4, -0.2) is 18.5 Å². The molecule has 0 aliphatic carbocycles. The van der Waals surface area contributed by atoms with Gasteiger partial charge in [0.2, 0.25) is 0 Å². The lowest BCUT2D eigenvalue weighted by Crippen LogP contribution is -2.22. The smallest absolute Gasteiger partial charge is 0.127 e. The van der Waals surface area contributed by atoms with Gasteiger partial charge >= 0.3 is 0 Å². The molecule has 2 N–H and O–H groups in total. The van der Waals surface area contributed by atoms with Crippen LogP contribution in [0.15, 0.2) is 36.4 Å². The summed E-state index contributed by atoms with van der Waals surface area (Å²) in [6, 6.07) is 11.0. The highest BCUT2D eigenvalue weighted by Crippen LogP contribution is 2.25. The second-order valence-electron chi connectivity index (χ2n) is 4.88. The highest BCUT2D eigenvalue weighted by atomic mass is 32.1. The normalized spacial score (nSPS) is 12.0. The maximum absolute atomic E-state index is 13.8. The molecule has 1 heterocycles. The number of rotatable bonds is 4. The van der Waals surface area contributed by atoms with Crippen molar-refractivity contribution in [3.05, 3.63) is 57.5 Å². The first kappa shape index (κ1) is 15.7. The Hall–Kier alpha value is -1.67. The third-order valence-electron chi connectivity index (χ3n) is 3.40. The van der Waals surface area contributed by atoms with Gasteiger partial charge in [0.05, 0.1) is 11.4 Å². The minimum Gasteiger partial charge on any atom is -0.320 e. The first-order valence-electron chi connectivity index (χ1n) is 6.84. The first-order valence-corrected chi connectivity index (χ1v) is 7.65. The molecule has 0 aliphatic rings. The van der Waals surface area contributed by atoms with Crippen LogP contribution in [0.2, 0.25) is 0 Å². The van der Waals surface area contributed by atoms with Crippen LogP contribution in [0.1, 0.15) is 28.3 Å². The van der Waals surface area contributed by atoms with Crippen molar-refractivity contribution in [3.63, 3.8) is 0 Å². The summed E-state index contributed by atoms with van der Waals surface area (Å²) < 4.78 is 13.8. The summed E-state index contributed by atoms with van der Waals surface area (Å²) in [5, 5.41) is 0. The van der Waals surface area contributed by atoms with Gasteiger partial charge in [-0.25, -0.2) is 4.39 Å². The summed E-state index contributed by atoms with van der Waals surface area (Å²) in [7, 11) is 2.00. The van der Waals surface area contributed by atoms with Crippen LogP contribution in [0.5, 0.6) is 0 Å². The molecule has 2 aromatic rings. The standard InChI is InChI=1S/C17H19FN2S/c1-13(16-7-3-4-8-17(16)18)20(2)12-15-10-9-14(21-15)6-5-11-19/h3-4,7-10,13H,11-12,19H2,1-2H3. The Balaban J connectivity index is 2.05. The van der Waals surface area contributed by atoms with E-state index < -0.39 is 0 Å². The summed E-state index contributed by atoms with van der Waals surface area (Å²) in [5.74, 6) is 5.73. The van der Waals surface area contributed by atoms with E-state index in [2.05, 4.69) is 22.8 Å². The van der Waals surface area contributed by atoms with Crippen LogP contribution < -0.4 is 5.73 Å². The fourth-order valence-corrected chi connectivity index (χ4v) is 3.05. The van der Waals surface area contributed by atoms with E-state index in [-0.39, 0.29) is 11.9 Å². The van der Waals surface area contributed by atoms with Gasteiger partial charge in [-0.15, -0.1) is 11.3 Å². The average molecular weight is 302 g/mol. The van der Waals surface area contributed by atoms with Crippen molar-refractivity contribution < 1.29 is 4.39 Å². The molecule has 0 fully saturated rings. The first-order chi connectivity index (χ1) is 10.1. The Bertz CT molecular complexity index is 654. The van der Waals surface area contributed by atoms with Gasteiger partial charge in [0, 0.05) is 23.0 Å². The third-order valence-corrected chi connectivity index (χ3v) is 4.38. The van der Waals surface area contributed by atoms with E-state index in [0.717, 1.165) is 17.0 Å². The molecule has 1 unspecified atom stereocenters.